The van der Waals surface area contributed by atoms with E-state index in [-0.39, 0.29) is 0 Å². The molecule has 2 atom stereocenters. The number of carbonyl (C=O) groups is 1. The molecule has 0 spiro atoms. The summed E-state index contributed by atoms with van der Waals surface area (Å²) in [5, 5.41) is 0. The number of hydrogen-bond donors (Lipinski definition) is 0. The summed E-state index contributed by atoms with van der Waals surface area (Å²) >= 11 is 0. The molecule has 11 heavy (non-hydrogen) atoms. The van der Waals surface area contributed by atoms with E-state index in [0.717, 1.165) is 13.0 Å². The van der Waals surface area contributed by atoms with Crippen LogP contribution >= 0.6 is 0 Å². The van der Waals surface area contributed by atoms with Gasteiger partial charge in [0.2, 0.25) is 0 Å². The van der Waals surface area contributed by atoms with E-state index in [1.165, 1.54) is 0 Å². The van der Waals surface area contributed by atoms with Crippen LogP contribution in [0.25, 0.3) is 0 Å². The van der Waals surface area contributed by atoms with Crippen LogP contribution in [0.4, 0.5) is 0 Å². The van der Waals surface area contributed by atoms with Crippen LogP contribution in [0, 0.1) is 11.8 Å². The normalized spacial score (nSPS) is 29.1. The van der Waals surface area contributed by atoms with Gasteiger partial charge in [0.05, 0.1) is 12.7 Å². The monoisotopic (exact) mass is 156 g/mol. The molecule has 0 aromatic rings. The first-order chi connectivity index (χ1) is 5.11. The highest BCUT2D eigenvalue weighted by molar-refractivity contribution is 5.81. The minimum absolute atomic E-state index is 0.295. The van der Waals surface area contributed by atoms with Gasteiger partial charge in [0.15, 0.2) is 0 Å². The molecule has 0 aromatic carbocycles. The summed E-state index contributed by atoms with van der Waals surface area (Å²) in [6.07, 6.45) is 1.34. The van der Waals surface area contributed by atoms with E-state index < -0.39 is 0 Å². The van der Waals surface area contributed by atoms with Gasteiger partial charge in [-0.2, -0.15) is 0 Å². The molecule has 1 fully saturated rings. The van der Waals surface area contributed by atoms with E-state index in [9.17, 15) is 4.79 Å². The molecule has 64 valence electrons. The number of rotatable bonds is 4. The van der Waals surface area contributed by atoms with Crippen molar-refractivity contribution >= 4 is 5.78 Å². The van der Waals surface area contributed by atoms with Crippen LogP contribution in [0.1, 0.15) is 27.2 Å². The summed E-state index contributed by atoms with van der Waals surface area (Å²) in [7, 11) is 0. The fourth-order valence-corrected chi connectivity index (χ4v) is 1.25. The zero-order chi connectivity index (χ0) is 8.43. The van der Waals surface area contributed by atoms with Crippen LogP contribution < -0.4 is 0 Å². The minimum Gasteiger partial charge on any atom is -0.378 e. The molecular weight excluding hydrogens is 140 g/mol. The quantitative estimate of drug-likeness (QED) is 0.618. The maximum atomic E-state index is 10.8. The van der Waals surface area contributed by atoms with E-state index in [4.69, 9.17) is 4.74 Å². The molecule has 0 amide bonds. The second-order valence-corrected chi connectivity index (χ2v) is 3.60. The molecule has 0 bridgehead atoms. The predicted octanol–water partition coefficient (Wildman–Crippen LogP) is 1.64. The topological polar surface area (TPSA) is 26.3 Å². The lowest BCUT2D eigenvalue weighted by Crippen LogP contribution is -2.07. The average Bonchev–Trinajstić information content (AvgIpc) is 2.61. The van der Waals surface area contributed by atoms with Crippen molar-refractivity contribution in [2.45, 2.75) is 33.3 Å². The number of ketones is 1. The Labute approximate surface area is 67.9 Å². The Balaban J connectivity index is 2.09. The fourth-order valence-electron chi connectivity index (χ4n) is 1.25. The van der Waals surface area contributed by atoms with Crippen molar-refractivity contribution in [3.63, 3.8) is 0 Å². The van der Waals surface area contributed by atoms with Crippen molar-refractivity contribution in [2.24, 2.45) is 11.8 Å². The zero-order valence-corrected chi connectivity index (χ0v) is 7.46. The van der Waals surface area contributed by atoms with Gasteiger partial charge in [-0.1, -0.05) is 0 Å². The van der Waals surface area contributed by atoms with Gasteiger partial charge in [-0.15, -0.1) is 0 Å². The molecule has 1 rings (SSSR count). The van der Waals surface area contributed by atoms with Crippen LogP contribution in [-0.4, -0.2) is 18.5 Å². The second kappa shape index (κ2) is 3.35. The summed E-state index contributed by atoms with van der Waals surface area (Å²) in [6, 6.07) is 0. The number of ether oxygens (including phenoxy) is 1. The van der Waals surface area contributed by atoms with Gasteiger partial charge in [0, 0.05) is 5.92 Å². The van der Waals surface area contributed by atoms with Crippen LogP contribution in [0.15, 0.2) is 0 Å². The molecule has 0 aromatic heterocycles. The third-order valence-electron chi connectivity index (χ3n) is 2.09. The Morgan fingerprint density at radius 3 is 2.64 bits per heavy atom. The van der Waals surface area contributed by atoms with Gasteiger partial charge in [0.25, 0.3) is 0 Å². The Hall–Kier alpha value is -0.370. The molecule has 0 unspecified atom stereocenters. The lowest BCUT2D eigenvalue weighted by molar-refractivity contribution is -0.118. The van der Waals surface area contributed by atoms with Gasteiger partial charge >= 0.3 is 0 Å². The van der Waals surface area contributed by atoms with Crippen molar-refractivity contribution in [3.8, 4) is 0 Å². The third kappa shape index (κ3) is 2.62. The molecule has 0 radical (unpaired) electrons. The summed E-state index contributed by atoms with van der Waals surface area (Å²) in [5.41, 5.74) is 0. The molecule has 0 heterocycles. The largest absolute Gasteiger partial charge is 0.378 e. The Bertz CT molecular complexity index is 152. The Kier molecular flexibility index (Phi) is 2.66. The minimum atomic E-state index is 0.295. The molecule has 1 aliphatic rings. The van der Waals surface area contributed by atoms with Crippen LogP contribution in [0.3, 0.4) is 0 Å². The number of carbonyl (C=O) groups excluding carboxylic acids is 1. The fraction of sp³-hybridized carbons (Fsp3) is 0.889. The van der Waals surface area contributed by atoms with E-state index >= 15 is 0 Å². The van der Waals surface area contributed by atoms with Gasteiger partial charge in [-0.25, -0.2) is 0 Å². The molecule has 0 N–H and O–H groups in total. The summed E-state index contributed by atoms with van der Waals surface area (Å²) < 4.78 is 5.39. The summed E-state index contributed by atoms with van der Waals surface area (Å²) in [4.78, 5) is 10.8. The predicted molar refractivity (Wildman–Crippen MR) is 43.4 cm³/mol. The van der Waals surface area contributed by atoms with E-state index in [1.807, 2.05) is 13.8 Å². The van der Waals surface area contributed by atoms with Crippen molar-refractivity contribution in [2.75, 3.05) is 6.61 Å². The lowest BCUT2D eigenvalue weighted by Gasteiger charge is -2.05. The lowest BCUT2D eigenvalue weighted by atomic mass is 10.2. The Morgan fingerprint density at radius 2 is 2.27 bits per heavy atom. The molecule has 1 aliphatic carbocycles. The third-order valence-corrected chi connectivity index (χ3v) is 2.09. The van der Waals surface area contributed by atoms with Crippen LogP contribution in [-0.2, 0) is 9.53 Å². The molecular formula is C9H16O2. The van der Waals surface area contributed by atoms with Crippen LogP contribution in [0.2, 0.25) is 0 Å². The highest BCUT2D eigenvalue weighted by Crippen LogP contribution is 2.39. The van der Waals surface area contributed by atoms with E-state index in [0.29, 0.717) is 23.7 Å². The molecule has 2 heteroatoms. The van der Waals surface area contributed by atoms with Gasteiger partial charge < -0.3 is 4.74 Å². The van der Waals surface area contributed by atoms with Gasteiger partial charge in [-0.3, -0.25) is 4.79 Å². The molecule has 1 saturated carbocycles. The van der Waals surface area contributed by atoms with E-state index in [1.54, 1.807) is 6.92 Å². The first-order valence-electron chi connectivity index (χ1n) is 4.23. The van der Waals surface area contributed by atoms with Gasteiger partial charge in [-0.05, 0) is 33.1 Å². The second-order valence-electron chi connectivity index (χ2n) is 3.60. The summed E-state index contributed by atoms with van der Waals surface area (Å²) in [5.74, 6) is 1.16. The first kappa shape index (κ1) is 8.72. The summed E-state index contributed by atoms with van der Waals surface area (Å²) in [6.45, 7) is 6.47. The number of Topliss-reactive ketones (excluding diaryl/α,β-unsaturated/α-hetero) is 1. The highest BCUT2D eigenvalue weighted by atomic mass is 16.5. The van der Waals surface area contributed by atoms with Crippen molar-refractivity contribution in [1.82, 2.24) is 0 Å². The van der Waals surface area contributed by atoms with E-state index in [2.05, 4.69) is 0 Å². The SMILES string of the molecule is CC(=O)[C@H]1C[C@@H]1COC(C)C. The first-order valence-corrected chi connectivity index (χ1v) is 4.23. The molecule has 2 nitrogen and oxygen atoms in total. The molecule has 0 aliphatic heterocycles. The highest BCUT2D eigenvalue weighted by Gasteiger charge is 2.40. The number of hydrogen-bond acceptors (Lipinski definition) is 2. The average molecular weight is 156 g/mol. The smallest absolute Gasteiger partial charge is 0.133 e. The van der Waals surface area contributed by atoms with Crippen LogP contribution in [0.5, 0.6) is 0 Å². The zero-order valence-electron chi connectivity index (χ0n) is 7.46. The standard InChI is InChI=1S/C9H16O2/c1-6(2)11-5-8-4-9(8)7(3)10/h6,8-9H,4-5H2,1-3H3/t8-,9-/m1/s1. The van der Waals surface area contributed by atoms with Gasteiger partial charge in [0.1, 0.15) is 5.78 Å². The molecule has 0 saturated heterocycles. The maximum absolute atomic E-state index is 10.8. The van der Waals surface area contributed by atoms with Crippen molar-refractivity contribution in [3.05, 3.63) is 0 Å². The van der Waals surface area contributed by atoms with Crippen molar-refractivity contribution in [1.29, 1.82) is 0 Å². The Morgan fingerprint density at radius 1 is 1.64 bits per heavy atom. The van der Waals surface area contributed by atoms with Crippen molar-refractivity contribution < 1.29 is 9.53 Å². The maximum Gasteiger partial charge on any atom is 0.133 e.